The predicted octanol–water partition coefficient (Wildman–Crippen LogP) is 5.62. The normalized spacial score (nSPS) is 11.0. The summed E-state index contributed by atoms with van der Waals surface area (Å²) in [6.45, 7) is 14.1. The fourth-order valence-corrected chi connectivity index (χ4v) is 2.49. The van der Waals surface area contributed by atoms with Gasteiger partial charge in [-0.3, -0.25) is 0 Å². The third-order valence-electron chi connectivity index (χ3n) is 3.73. The van der Waals surface area contributed by atoms with Gasteiger partial charge in [-0.1, -0.05) is 40.0 Å². The van der Waals surface area contributed by atoms with E-state index in [0.717, 1.165) is 13.0 Å². The van der Waals surface area contributed by atoms with Crippen molar-refractivity contribution in [3.63, 3.8) is 0 Å². The minimum Gasteiger partial charge on any atom is -0.417 e. The van der Waals surface area contributed by atoms with Gasteiger partial charge >= 0.3 is 0 Å². The van der Waals surface area contributed by atoms with Crippen molar-refractivity contribution < 1.29 is 4.43 Å². The molecule has 0 unspecified atom stereocenters. The first-order valence-electron chi connectivity index (χ1n) is 7.67. The number of unbranched alkanes of at least 4 members (excludes halogenated alkanes) is 5. The zero-order valence-corrected chi connectivity index (χ0v) is 15.5. The molecule has 0 rings (SSSR count). The summed E-state index contributed by atoms with van der Waals surface area (Å²) in [5.41, 5.74) is 0. The van der Waals surface area contributed by atoms with Gasteiger partial charge in [0.1, 0.15) is 0 Å². The molecule has 0 saturated heterocycles. The molecular formula is C18H34OSi. The summed E-state index contributed by atoms with van der Waals surface area (Å²) in [5.74, 6) is 4.94. The predicted molar refractivity (Wildman–Crippen MR) is 94.2 cm³/mol. The standard InChI is InChI=1S/C15H30OSi.C3H4/c1-7-8-9-10-11-12-13-14-16-17(5,6)15(2,3)4;1-3-2/h1H,8-14H2,2-6H3;1H,2H3. The highest BCUT2D eigenvalue weighted by Gasteiger charge is 2.36. The van der Waals surface area contributed by atoms with Crippen molar-refractivity contribution >= 4 is 8.32 Å². The Morgan fingerprint density at radius 2 is 1.40 bits per heavy atom. The fraction of sp³-hybridized carbons (Fsp3) is 0.778. The van der Waals surface area contributed by atoms with E-state index in [4.69, 9.17) is 10.8 Å². The lowest BCUT2D eigenvalue weighted by molar-refractivity contribution is 0.277. The molecule has 0 N–H and O–H groups in total. The van der Waals surface area contributed by atoms with E-state index in [-0.39, 0.29) is 0 Å². The largest absolute Gasteiger partial charge is 0.417 e. The van der Waals surface area contributed by atoms with Crippen molar-refractivity contribution in [2.75, 3.05) is 6.61 Å². The van der Waals surface area contributed by atoms with Crippen LogP contribution in [0.4, 0.5) is 0 Å². The zero-order valence-electron chi connectivity index (χ0n) is 14.5. The van der Waals surface area contributed by atoms with E-state index >= 15 is 0 Å². The van der Waals surface area contributed by atoms with Gasteiger partial charge in [0.05, 0.1) is 0 Å². The van der Waals surface area contributed by atoms with Gasteiger partial charge in [-0.25, -0.2) is 0 Å². The minimum atomic E-state index is -1.51. The summed E-state index contributed by atoms with van der Waals surface area (Å²) in [5, 5.41) is 0.333. The molecule has 0 fully saturated rings. The van der Waals surface area contributed by atoms with Gasteiger partial charge in [0, 0.05) is 13.0 Å². The molecule has 116 valence electrons. The summed E-state index contributed by atoms with van der Waals surface area (Å²) in [6.07, 6.45) is 17.0. The van der Waals surface area contributed by atoms with Crippen LogP contribution >= 0.6 is 0 Å². The molecule has 0 atom stereocenters. The summed E-state index contributed by atoms with van der Waals surface area (Å²) >= 11 is 0. The molecule has 0 heterocycles. The highest BCUT2D eigenvalue weighted by Crippen LogP contribution is 2.36. The minimum absolute atomic E-state index is 0.333. The zero-order chi connectivity index (χ0) is 16.1. The first-order valence-corrected chi connectivity index (χ1v) is 10.6. The summed E-state index contributed by atoms with van der Waals surface area (Å²) in [4.78, 5) is 0. The van der Waals surface area contributed by atoms with Gasteiger partial charge < -0.3 is 4.43 Å². The second-order valence-electron chi connectivity index (χ2n) is 6.62. The molecule has 0 aromatic rings. The molecule has 0 aromatic heterocycles. The Morgan fingerprint density at radius 3 is 1.85 bits per heavy atom. The number of rotatable bonds is 8. The summed E-state index contributed by atoms with van der Waals surface area (Å²) < 4.78 is 6.13. The third kappa shape index (κ3) is 12.3. The van der Waals surface area contributed by atoms with Crippen molar-refractivity contribution in [2.24, 2.45) is 0 Å². The lowest BCUT2D eigenvalue weighted by Gasteiger charge is -2.36. The Labute approximate surface area is 129 Å². The van der Waals surface area contributed by atoms with Crippen LogP contribution in [0, 0.1) is 24.7 Å². The molecule has 0 radical (unpaired) electrons. The third-order valence-corrected chi connectivity index (χ3v) is 8.27. The van der Waals surface area contributed by atoms with E-state index < -0.39 is 8.32 Å². The maximum absolute atomic E-state index is 6.13. The van der Waals surface area contributed by atoms with Crippen LogP contribution < -0.4 is 0 Å². The second kappa shape index (κ2) is 12.1. The highest BCUT2D eigenvalue weighted by atomic mass is 28.4. The highest BCUT2D eigenvalue weighted by molar-refractivity contribution is 6.74. The van der Waals surface area contributed by atoms with Gasteiger partial charge in [0.15, 0.2) is 8.32 Å². The molecule has 1 nitrogen and oxygen atoms in total. The average molecular weight is 295 g/mol. The molecule has 0 aromatic carbocycles. The quantitative estimate of drug-likeness (QED) is 0.320. The van der Waals surface area contributed by atoms with Crippen LogP contribution in [0.1, 0.15) is 66.2 Å². The maximum atomic E-state index is 6.13. The smallest absolute Gasteiger partial charge is 0.191 e. The first kappa shape index (κ1) is 21.6. The molecule has 0 amide bonds. The molecule has 0 spiro atoms. The van der Waals surface area contributed by atoms with Crippen LogP contribution in [0.3, 0.4) is 0 Å². The van der Waals surface area contributed by atoms with E-state index in [9.17, 15) is 0 Å². The van der Waals surface area contributed by atoms with E-state index in [1.807, 2.05) is 0 Å². The van der Waals surface area contributed by atoms with E-state index in [1.165, 1.54) is 32.1 Å². The molecule has 0 aliphatic rings. The van der Waals surface area contributed by atoms with Gasteiger partial charge in [0.2, 0.25) is 0 Å². The van der Waals surface area contributed by atoms with E-state index in [1.54, 1.807) is 6.92 Å². The summed E-state index contributed by atoms with van der Waals surface area (Å²) in [6, 6.07) is 0. The Kier molecular flexibility index (Phi) is 13.0. The van der Waals surface area contributed by atoms with Gasteiger partial charge in [0.25, 0.3) is 0 Å². The Balaban J connectivity index is 0. The summed E-state index contributed by atoms with van der Waals surface area (Å²) in [7, 11) is -1.51. The van der Waals surface area contributed by atoms with Crippen LogP contribution in [0.5, 0.6) is 0 Å². The van der Waals surface area contributed by atoms with E-state index in [2.05, 4.69) is 52.1 Å². The monoisotopic (exact) mass is 294 g/mol. The Hall–Kier alpha value is -0.703. The van der Waals surface area contributed by atoms with Crippen LogP contribution in [-0.2, 0) is 4.43 Å². The fourth-order valence-electron chi connectivity index (χ4n) is 1.40. The number of terminal acetylenes is 2. The lowest BCUT2D eigenvalue weighted by Crippen LogP contribution is -2.40. The Morgan fingerprint density at radius 1 is 0.950 bits per heavy atom. The van der Waals surface area contributed by atoms with Crippen LogP contribution in [0.2, 0.25) is 18.1 Å². The molecule has 2 heteroatoms. The van der Waals surface area contributed by atoms with Crippen LogP contribution in [0.25, 0.3) is 0 Å². The van der Waals surface area contributed by atoms with Crippen molar-refractivity contribution in [3.05, 3.63) is 0 Å². The van der Waals surface area contributed by atoms with E-state index in [0.29, 0.717) is 5.04 Å². The molecule has 0 saturated carbocycles. The lowest BCUT2D eigenvalue weighted by atomic mass is 10.1. The number of hydrogen-bond acceptors (Lipinski definition) is 1. The van der Waals surface area contributed by atoms with Gasteiger partial charge in [-0.15, -0.1) is 24.7 Å². The second-order valence-corrected chi connectivity index (χ2v) is 11.4. The topological polar surface area (TPSA) is 9.23 Å². The van der Waals surface area contributed by atoms with Crippen LogP contribution in [-0.4, -0.2) is 14.9 Å². The van der Waals surface area contributed by atoms with Crippen molar-refractivity contribution in [1.82, 2.24) is 0 Å². The van der Waals surface area contributed by atoms with Crippen LogP contribution in [0.15, 0.2) is 0 Å². The SMILES string of the molecule is C#CC.C#CCCCCCCCO[Si](C)(C)C(C)(C)C. The molecule has 0 aliphatic heterocycles. The van der Waals surface area contributed by atoms with Crippen molar-refractivity contribution in [2.45, 2.75) is 84.4 Å². The first-order chi connectivity index (χ1) is 9.22. The number of hydrogen-bond donors (Lipinski definition) is 0. The Bertz CT molecular complexity index is 299. The molecular weight excluding hydrogens is 260 g/mol. The average Bonchev–Trinajstić information content (AvgIpc) is 2.32. The molecule has 0 bridgehead atoms. The van der Waals surface area contributed by atoms with Crippen molar-refractivity contribution in [3.8, 4) is 24.7 Å². The maximum Gasteiger partial charge on any atom is 0.191 e. The van der Waals surface area contributed by atoms with Gasteiger partial charge in [-0.05, 0) is 37.9 Å². The molecule has 0 aliphatic carbocycles. The molecule has 20 heavy (non-hydrogen) atoms. The van der Waals surface area contributed by atoms with Crippen molar-refractivity contribution in [1.29, 1.82) is 0 Å². The van der Waals surface area contributed by atoms with Gasteiger partial charge in [-0.2, -0.15) is 0 Å².